The highest BCUT2D eigenvalue weighted by Crippen LogP contribution is 2.20. The van der Waals surface area contributed by atoms with Crippen molar-refractivity contribution < 1.29 is 4.21 Å². The molecule has 0 radical (unpaired) electrons. The Bertz CT molecular complexity index is 1120. The zero-order chi connectivity index (χ0) is 17.6. The molecule has 1 aromatic carbocycles. The number of fused-ring (bicyclic) bond motifs is 2. The van der Waals surface area contributed by atoms with Crippen LogP contribution in [-0.2, 0) is 17.3 Å². The number of halogens is 1. The van der Waals surface area contributed by atoms with E-state index >= 15 is 0 Å². The monoisotopic (exact) mass is 419 g/mol. The number of hydrogen-bond donors (Lipinski definition) is 2. The van der Waals surface area contributed by atoms with Crippen LogP contribution in [0.3, 0.4) is 0 Å². The van der Waals surface area contributed by atoms with Crippen LogP contribution >= 0.6 is 15.9 Å². The predicted octanol–water partition coefficient (Wildman–Crippen LogP) is 2.42. The van der Waals surface area contributed by atoms with E-state index in [0.29, 0.717) is 22.6 Å². The molecule has 10 heteroatoms. The smallest absolute Gasteiger partial charge is 0.228 e. The molecule has 4 aromatic rings. The summed E-state index contributed by atoms with van der Waals surface area (Å²) in [5.41, 5.74) is 3.63. The van der Waals surface area contributed by atoms with Gasteiger partial charge in [-0.05, 0) is 40.5 Å². The number of anilines is 1. The Balaban J connectivity index is 1.68. The summed E-state index contributed by atoms with van der Waals surface area (Å²) in [7, 11) is -1.30. The van der Waals surface area contributed by atoms with Crippen molar-refractivity contribution in [2.45, 2.75) is 18.6 Å². The maximum atomic E-state index is 11.8. The van der Waals surface area contributed by atoms with Crippen molar-refractivity contribution in [3.05, 3.63) is 40.3 Å². The van der Waals surface area contributed by atoms with Gasteiger partial charge < -0.3 is 10.3 Å². The van der Waals surface area contributed by atoms with Gasteiger partial charge in [-0.15, -0.1) is 0 Å². The fourth-order valence-corrected chi connectivity index (χ4v) is 3.28. The van der Waals surface area contributed by atoms with E-state index < -0.39 is 10.8 Å². The molecule has 8 nitrogen and oxygen atoms in total. The quantitative estimate of drug-likeness (QED) is 0.526. The first kappa shape index (κ1) is 16.2. The molecule has 0 saturated heterocycles. The van der Waals surface area contributed by atoms with E-state index in [-0.39, 0.29) is 5.16 Å². The van der Waals surface area contributed by atoms with E-state index in [0.717, 1.165) is 16.9 Å². The van der Waals surface area contributed by atoms with E-state index in [1.807, 2.05) is 19.1 Å². The van der Waals surface area contributed by atoms with Crippen LogP contribution in [0.1, 0.15) is 11.4 Å². The van der Waals surface area contributed by atoms with Crippen molar-refractivity contribution >= 4 is 49.4 Å². The molecular weight excluding hydrogens is 406 g/mol. The lowest BCUT2D eigenvalue weighted by molar-refractivity contribution is 0.678. The third kappa shape index (κ3) is 3.02. The minimum atomic E-state index is -1.30. The van der Waals surface area contributed by atoms with Crippen LogP contribution in [0.4, 0.5) is 5.95 Å². The molecule has 0 amide bonds. The third-order valence-electron chi connectivity index (χ3n) is 3.66. The number of aromatic nitrogens is 6. The molecule has 25 heavy (non-hydrogen) atoms. The number of aromatic amines is 1. The number of aryl methyl sites for hydroxylation is 1. The summed E-state index contributed by atoms with van der Waals surface area (Å²) in [5, 5.41) is 7.67. The van der Waals surface area contributed by atoms with Gasteiger partial charge in [0.15, 0.2) is 5.65 Å². The summed E-state index contributed by atoms with van der Waals surface area (Å²) in [6, 6.07) is 6.06. The van der Waals surface area contributed by atoms with Gasteiger partial charge in [-0.2, -0.15) is 19.6 Å². The maximum absolute atomic E-state index is 11.8. The molecule has 0 spiro atoms. The second-order valence-electron chi connectivity index (χ2n) is 5.57. The number of hydrogen-bond acceptors (Lipinski definition) is 6. The van der Waals surface area contributed by atoms with Gasteiger partial charge in [-0.25, -0.2) is 4.98 Å². The first-order valence-electron chi connectivity index (χ1n) is 7.45. The van der Waals surface area contributed by atoms with E-state index in [1.165, 1.54) is 5.56 Å². The van der Waals surface area contributed by atoms with Crippen LogP contribution in [0, 0.1) is 6.92 Å². The van der Waals surface area contributed by atoms with Crippen LogP contribution in [0.15, 0.2) is 34.0 Å². The van der Waals surface area contributed by atoms with Gasteiger partial charge >= 0.3 is 0 Å². The van der Waals surface area contributed by atoms with Crippen LogP contribution < -0.4 is 5.32 Å². The Morgan fingerprint density at radius 1 is 1.32 bits per heavy atom. The highest BCUT2D eigenvalue weighted by molar-refractivity contribution is 9.10. The van der Waals surface area contributed by atoms with Crippen LogP contribution in [0.2, 0.25) is 0 Å². The number of rotatable bonds is 4. The molecular formula is C15H14BrN7OS. The first-order valence-corrected chi connectivity index (χ1v) is 9.80. The molecule has 4 rings (SSSR count). The summed E-state index contributed by atoms with van der Waals surface area (Å²) < 4.78 is 14.1. The maximum Gasteiger partial charge on any atom is 0.228 e. The molecule has 0 aliphatic rings. The van der Waals surface area contributed by atoms with Gasteiger partial charge in [0.25, 0.3) is 0 Å². The summed E-state index contributed by atoms with van der Waals surface area (Å²) in [5.74, 6) is 1.23. The van der Waals surface area contributed by atoms with E-state index in [1.54, 1.807) is 17.0 Å². The van der Waals surface area contributed by atoms with Gasteiger partial charge in [0, 0.05) is 6.26 Å². The van der Waals surface area contributed by atoms with Crippen LogP contribution in [0.5, 0.6) is 0 Å². The molecule has 0 bridgehead atoms. The van der Waals surface area contributed by atoms with Crippen LogP contribution in [-0.4, -0.2) is 40.0 Å². The molecule has 0 saturated carbocycles. The second kappa shape index (κ2) is 6.19. The van der Waals surface area contributed by atoms with Crippen molar-refractivity contribution in [3.63, 3.8) is 0 Å². The highest BCUT2D eigenvalue weighted by atomic mass is 79.9. The summed E-state index contributed by atoms with van der Waals surface area (Å²) in [6.07, 6.45) is 3.17. The highest BCUT2D eigenvalue weighted by Gasteiger charge is 2.14. The Morgan fingerprint density at radius 2 is 2.16 bits per heavy atom. The van der Waals surface area contributed by atoms with Crippen molar-refractivity contribution in [1.29, 1.82) is 0 Å². The van der Waals surface area contributed by atoms with Gasteiger partial charge in [0.1, 0.15) is 5.82 Å². The van der Waals surface area contributed by atoms with Crippen LogP contribution in [0.25, 0.3) is 16.7 Å². The van der Waals surface area contributed by atoms with Crippen molar-refractivity contribution in [3.8, 4) is 0 Å². The molecule has 3 aromatic heterocycles. The Labute approximate surface area is 153 Å². The van der Waals surface area contributed by atoms with E-state index in [2.05, 4.69) is 52.3 Å². The molecule has 0 aliphatic carbocycles. The zero-order valence-electron chi connectivity index (χ0n) is 13.4. The van der Waals surface area contributed by atoms with Gasteiger partial charge in [0.05, 0.1) is 39.0 Å². The lowest BCUT2D eigenvalue weighted by Crippen LogP contribution is -2.12. The molecule has 0 aliphatic heterocycles. The molecule has 2 N–H and O–H groups in total. The minimum Gasteiger partial charge on any atom is -0.347 e. The Morgan fingerprint density at radius 3 is 2.96 bits per heavy atom. The number of imidazole rings is 1. The number of benzene rings is 1. The van der Waals surface area contributed by atoms with Gasteiger partial charge in [-0.1, -0.05) is 6.07 Å². The fraction of sp³-hybridized carbons (Fsp3) is 0.200. The van der Waals surface area contributed by atoms with Crippen molar-refractivity contribution in [2.75, 3.05) is 11.6 Å². The van der Waals surface area contributed by atoms with Gasteiger partial charge in [0.2, 0.25) is 11.1 Å². The van der Waals surface area contributed by atoms with Gasteiger partial charge in [-0.3, -0.25) is 4.21 Å². The van der Waals surface area contributed by atoms with Crippen molar-refractivity contribution in [1.82, 2.24) is 29.5 Å². The molecule has 3 heterocycles. The summed E-state index contributed by atoms with van der Waals surface area (Å²) >= 11 is 3.39. The van der Waals surface area contributed by atoms with Crippen molar-refractivity contribution in [2.24, 2.45) is 0 Å². The lowest BCUT2D eigenvalue weighted by Gasteiger charge is -2.07. The molecule has 128 valence electrons. The molecule has 1 atom stereocenters. The number of nitrogens with zero attached hydrogens (tertiary/aromatic N) is 5. The summed E-state index contributed by atoms with van der Waals surface area (Å²) in [6.45, 7) is 2.46. The second-order valence-corrected chi connectivity index (χ2v) is 7.70. The largest absolute Gasteiger partial charge is 0.347 e. The molecule has 1 unspecified atom stereocenters. The molecule has 0 fully saturated rings. The standard InChI is InChI=1S/C15H14BrN7OS/c1-8-3-4-10-11(5-8)20-12(19-10)7-17-14-22-15(25(2)24)21-13-9(16)6-18-23(13)14/h3-6H,7H2,1-2H3,(H,19,20)(H,17,21,22). The average Bonchev–Trinajstić information content (AvgIpc) is 3.15. The Kier molecular flexibility index (Phi) is 4.00. The van der Waals surface area contributed by atoms with E-state index in [4.69, 9.17) is 0 Å². The first-order chi connectivity index (χ1) is 12.0. The predicted molar refractivity (Wildman–Crippen MR) is 99.0 cm³/mol. The number of nitrogens with one attached hydrogen (secondary N) is 2. The SMILES string of the molecule is Cc1ccc2nc(CNc3nc(S(C)=O)nc4c(Br)cnn34)[nH]c2c1. The number of H-pyrrole nitrogens is 1. The normalized spacial score (nSPS) is 12.8. The average molecular weight is 420 g/mol. The topological polar surface area (TPSA) is 101 Å². The Hall–Kier alpha value is -2.33. The lowest BCUT2D eigenvalue weighted by atomic mass is 10.2. The summed E-state index contributed by atoms with van der Waals surface area (Å²) in [4.78, 5) is 16.4. The third-order valence-corrected chi connectivity index (χ3v) is 4.92. The fourth-order valence-electron chi connectivity index (χ4n) is 2.50. The zero-order valence-corrected chi connectivity index (χ0v) is 15.8. The van der Waals surface area contributed by atoms with E-state index in [9.17, 15) is 4.21 Å². The minimum absolute atomic E-state index is 0.247.